The van der Waals surface area contributed by atoms with Gasteiger partial charge in [-0.15, -0.1) is 11.3 Å². The Morgan fingerprint density at radius 2 is 2.00 bits per heavy atom. The number of rotatable bonds is 5. The van der Waals surface area contributed by atoms with E-state index in [-0.39, 0.29) is 17.9 Å². The molecule has 0 radical (unpaired) electrons. The van der Waals surface area contributed by atoms with Crippen molar-refractivity contribution in [2.24, 2.45) is 0 Å². The summed E-state index contributed by atoms with van der Waals surface area (Å²) in [6.45, 7) is 2.48. The third kappa shape index (κ3) is 3.45. The van der Waals surface area contributed by atoms with Crippen LogP contribution in [0.3, 0.4) is 0 Å². The van der Waals surface area contributed by atoms with E-state index in [0.29, 0.717) is 12.1 Å². The number of aryl methyl sites for hydroxylation is 1. The predicted molar refractivity (Wildman–Crippen MR) is 78.0 cm³/mol. The highest BCUT2D eigenvalue weighted by Crippen LogP contribution is 2.15. The van der Waals surface area contributed by atoms with Crippen LogP contribution in [-0.2, 0) is 17.8 Å². The van der Waals surface area contributed by atoms with Gasteiger partial charge in [-0.25, -0.2) is 4.79 Å². The van der Waals surface area contributed by atoms with Crippen LogP contribution in [-0.4, -0.2) is 17.0 Å². The Balaban J connectivity index is 1.98. The van der Waals surface area contributed by atoms with Gasteiger partial charge in [0.25, 0.3) is 0 Å². The third-order valence-corrected chi connectivity index (χ3v) is 4.04. The van der Waals surface area contributed by atoms with Crippen LogP contribution >= 0.6 is 11.3 Å². The molecule has 4 nitrogen and oxygen atoms in total. The molecule has 1 heterocycles. The topological polar surface area (TPSA) is 66.4 Å². The summed E-state index contributed by atoms with van der Waals surface area (Å²) in [6.07, 6.45) is 0.0763. The molecule has 0 spiro atoms. The SMILES string of the molecule is Cc1ccsc1CNC(=O)Cc1ccccc1C(=O)O. The second-order valence-corrected chi connectivity index (χ2v) is 5.44. The number of benzene rings is 1. The van der Waals surface area contributed by atoms with Crippen LogP contribution in [0.25, 0.3) is 0 Å². The van der Waals surface area contributed by atoms with Crippen LogP contribution in [0.2, 0.25) is 0 Å². The molecule has 2 N–H and O–H groups in total. The second-order valence-electron chi connectivity index (χ2n) is 4.44. The van der Waals surface area contributed by atoms with Gasteiger partial charge in [0.1, 0.15) is 0 Å². The minimum atomic E-state index is -1.01. The minimum Gasteiger partial charge on any atom is -0.478 e. The predicted octanol–water partition coefficient (Wildman–Crippen LogP) is 2.61. The quantitative estimate of drug-likeness (QED) is 0.889. The third-order valence-electron chi connectivity index (χ3n) is 3.01. The molecule has 0 saturated carbocycles. The van der Waals surface area contributed by atoms with Gasteiger partial charge in [-0.2, -0.15) is 0 Å². The summed E-state index contributed by atoms with van der Waals surface area (Å²) in [5.74, 6) is -1.19. The van der Waals surface area contributed by atoms with Crippen LogP contribution in [0.5, 0.6) is 0 Å². The number of aromatic carboxylic acids is 1. The van der Waals surface area contributed by atoms with Crippen LogP contribution in [0, 0.1) is 6.92 Å². The molecule has 5 heteroatoms. The smallest absolute Gasteiger partial charge is 0.335 e. The molecule has 104 valence electrons. The minimum absolute atomic E-state index is 0.0763. The summed E-state index contributed by atoms with van der Waals surface area (Å²) in [6, 6.07) is 8.57. The lowest BCUT2D eigenvalue weighted by atomic mass is 10.0. The highest BCUT2D eigenvalue weighted by Gasteiger charge is 2.12. The van der Waals surface area contributed by atoms with Crippen molar-refractivity contribution >= 4 is 23.2 Å². The Morgan fingerprint density at radius 3 is 2.65 bits per heavy atom. The average molecular weight is 289 g/mol. The van der Waals surface area contributed by atoms with Crippen molar-refractivity contribution < 1.29 is 14.7 Å². The molecular weight excluding hydrogens is 274 g/mol. The Labute approximate surface area is 121 Å². The molecule has 0 aliphatic rings. The molecule has 1 amide bonds. The van der Waals surface area contributed by atoms with E-state index in [1.54, 1.807) is 29.5 Å². The highest BCUT2D eigenvalue weighted by molar-refractivity contribution is 7.10. The van der Waals surface area contributed by atoms with Gasteiger partial charge in [-0.1, -0.05) is 18.2 Å². The molecule has 0 aliphatic heterocycles. The van der Waals surface area contributed by atoms with Crippen LogP contribution in [0.15, 0.2) is 35.7 Å². The Bertz CT molecular complexity index is 634. The number of thiophene rings is 1. The highest BCUT2D eigenvalue weighted by atomic mass is 32.1. The number of carbonyl (C=O) groups excluding carboxylic acids is 1. The number of carbonyl (C=O) groups is 2. The van der Waals surface area contributed by atoms with E-state index in [4.69, 9.17) is 5.11 Å². The lowest BCUT2D eigenvalue weighted by molar-refractivity contribution is -0.120. The fourth-order valence-electron chi connectivity index (χ4n) is 1.88. The van der Waals surface area contributed by atoms with E-state index in [1.807, 2.05) is 18.4 Å². The Morgan fingerprint density at radius 1 is 1.25 bits per heavy atom. The van der Waals surface area contributed by atoms with Gasteiger partial charge in [0.2, 0.25) is 5.91 Å². The van der Waals surface area contributed by atoms with Gasteiger partial charge < -0.3 is 10.4 Å². The number of carboxylic acid groups (broad SMARTS) is 1. The van der Waals surface area contributed by atoms with Crippen molar-refractivity contribution in [2.75, 3.05) is 0 Å². The molecule has 0 atom stereocenters. The number of nitrogens with one attached hydrogen (secondary N) is 1. The number of amides is 1. The molecule has 0 saturated heterocycles. The van der Waals surface area contributed by atoms with Crippen LogP contribution < -0.4 is 5.32 Å². The lowest BCUT2D eigenvalue weighted by Crippen LogP contribution is -2.25. The largest absolute Gasteiger partial charge is 0.478 e. The normalized spacial score (nSPS) is 10.2. The van der Waals surface area contributed by atoms with E-state index in [0.717, 1.165) is 10.4 Å². The van der Waals surface area contributed by atoms with Crippen molar-refractivity contribution in [3.05, 3.63) is 57.3 Å². The van der Waals surface area contributed by atoms with Gasteiger partial charge in [0.15, 0.2) is 0 Å². The van der Waals surface area contributed by atoms with E-state index < -0.39 is 5.97 Å². The second kappa shape index (κ2) is 6.34. The molecule has 2 rings (SSSR count). The fourth-order valence-corrected chi connectivity index (χ4v) is 2.73. The molecule has 0 bridgehead atoms. The molecule has 20 heavy (non-hydrogen) atoms. The molecule has 1 aromatic carbocycles. The fraction of sp³-hybridized carbons (Fsp3) is 0.200. The van der Waals surface area contributed by atoms with Crippen molar-refractivity contribution in [3.63, 3.8) is 0 Å². The van der Waals surface area contributed by atoms with Crippen molar-refractivity contribution in [1.29, 1.82) is 0 Å². The van der Waals surface area contributed by atoms with Gasteiger partial charge in [0.05, 0.1) is 18.5 Å². The Kier molecular flexibility index (Phi) is 4.53. The maximum absolute atomic E-state index is 11.9. The zero-order valence-corrected chi connectivity index (χ0v) is 11.9. The maximum atomic E-state index is 11.9. The molecule has 2 aromatic rings. The first-order chi connectivity index (χ1) is 9.58. The summed E-state index contributed by atoms with van der Waals surface area (Å²) in [4.78, 5) is 24.1. The maximum Gasteiger partial charge on any atom is 0.335 e. The summed E-state index contributed by atoms with van der Waals surface area (Å²) in [5, 5.41) is 13.9. The first-order valence-electron chi connectivity index (χ1n) is 6.19. The number of hydrogen-bond acceptors (Lipinski definition) is 3. The van der Waals surface area contributed by atoms with E-state index in [1.165, 1.54) is 6.07 Å². The van der Waals surface area contributed by atoms with Gasteiger partial charge in [-0.05, 0) is 35.6 Å². The van der Waals surface area contributed by atoms with Crippen LogP contribution in [0.4, 0.5) is 0 Å². The van der Waals surface area contributed by atoms with Gasteiger partial charge in [-0.3, -0.25) is 4.79 Å². The standard InChI is InChI=1S/C15H15NO3S/c1-10-6-7-20-13(10)9-16-14(17)8-11-4-2-3-5-12(11)15(18)19/h2-7H,8-9H2,1H3,(H,16,17)(H,18,19). The molecule has 0 unspecified atom stereocenters. The van der Waals surface area contributed by atoms with Crippen LogP contribution in [0.1, 0.15) is 26.4 Å². The Hall–Kier alpha value is -2.14. The number of hydrogen-bond donors (Lipinski definition) is 2. The monoisotopic (exact) mass is 289 g/mol. The summed E-state index contributed by atoms with van der Waals surface area (Å²) >= 11 is 1.60. The van der Waals surface area contributed by atoms with E-state index in [2.05, 4.69) is 5.32 Å². The summed E-state index contributed by atoms with van der Waals surface area (Å²) in [7, 11) is 0. The number of carboxylic acids is 1. The van der Waals surface area contributed by atoms with Crippen molar-refractivity contribution in [2.45, 2.75) is 19.9 Å². The molecular formula is C15H15NO3S. The molecule has 0 fully saturated rings. The summed E-state index contributed by atoms with van der Waals surface area (Å²) < 4.78 is 0. The van der Waals surface area contributed by atoms with Gasteiger partial charge in [0, 0.05) is 4.88 Å². The molecule has 0 aliphatic carbocycles. The zero-order chi connectivity index (χ0) is 14.5. The average Bonchev–Trinajstić information content (AvgIpc) is 2.82. The molecule has 1 aromatic heterocycles. The lowest BCUT2D eigenvalue weighted by Gasteiger charge is -2.07. The van der Waals surface area contributed by atoms with E-state index in [9.17, 15) is 9.59 Å². The summed E-state index contributed by atoms with van der Waals surface area (Å²) in [5.41, 5.74) is 1.86. The first kappa shape index (κ1) is 14.3. The van der Waals surface area contributed by atoms with Crippen molar-refractivity contribution in [3.8, 4) is 0 Å². The van der Waals surface area contributed by atoms with Gasteiger partial charge >= 0.3 is 5.97 Å². The van der Waals surface area contributed by atoms with E-state index >= 15 is 0 Å². The first-order valence-corrected chi connectivity index (χ1v) is 7.06. The van der Waals surface area contributed by atoms with Crippen molar-refractivity contribution in [1.82, 2.24) is 5.32 Å². The zero-order valence-electron chi connectivity index (χ0n) is 11.1.